The summed E-state index contributed by atoms with van der Waals surface area (Å²) < 4.78 is 0. The molecule has 0 aromatic rings. The van der Waals surface area contributed by atoms with E-state index in [1.165, 1.54) is 70.6 Å². The van der Waals surface area contributed by atoms with Crippen molar-refractivity contribution in [3.8, 4) is 0 Å². The van der Waals surface area contributed by atoms with Gasteiger partial charge in [0.05, 0.1) is 15.7 Å². The van der Waals surface area contributed by atoms with E-state index in [1.54, 1.807) is 0 Å². The third-order valence-corrected chi connectivity index (χ3v) is 6.96. The summed E-state index contributed by atoms with van der Waals surface area (Å²) in [5.74, 6) is 0.514. The molecule has 4 radical (unpaired) electrons. The van der Waals surface area contributed by atoms with E-state index in [1.807, 2.05) is 0 Å². The molecule has 0 amide bonds. The van der Waals surface area contributed by atoms with Crippen LogP contribution in [-0.4, -0.2) is 15.7 Å². The number of hydrogen-bond donors (Lipinski definition) is 0. The summed E-state index contributed by atoms with van der Waals surface area (Å²) in [4.78, 5) is 0. The maximum atomic E-state index is 6.72. The maximum Gasteiger partial charge on any atom is 0.0631 e. The minimum Gasteiger partial charge on any atom is -0.0914 e. The average Bonchev–Trinajstić information content (AvgIpc) is 2.87. The van der Waals surface area contributed by atoms with Crippen LogP contribution in [0.4, 0.5) is 0 Å². The molecule has 116 valence electrons. The van der Waals surface area contributed by atoms with E-state index in [2.05, 4.69) is 20.8 Å². The van der Waals surface area contributed by atoms with Gasteiger partial charge in [0.25, 0.3) is 0 Å². The van der Waals surface area contributed by atoms with Crippen molar-refractivity contribution in [3.63, 3.8) is 0 Å². The Labute approximate surface area is 136 Å². The molecule has 0 aromatic heterocycles. The van der Waals surface area contributed by atoms with Gasteiger partial charge in [-0.1, -0.05) is 76.8 Å². The van der Waals surface area contributed by atoms with E-state index in [-0.39, 0.29) is 5.41 Å². The predicted octanol–water partition coefficient (Wildman–Crippen LogP) is 5.80. The minimum atomic E-state index is -0.499. The molecule has 0 unspecified atom stereocenters. The molecule has 0 aliphatic heterocycles. The highest BCUT2D eigenvalue weighted by molar-refractivity contribution is 6.40. The van der Waals surface area contributed by atoms with Gasteiger partial charge in [-0.15, -0.1) is 0 Å². The van der Waals surface area contributed by atoms with E-state index in [0.717, 1.165) is 6.42 Å². The molecule has 1 spiro atoms. The van der Waals surface area contributed by atoms with Gasteiger partial charge < -0.3 is 0 Å². The Balaban J connectivity index is 1.93. The molecule has 0 bridgehead atoms. The molecule has 2 aliphatic rings. The lowest BCUT2D eigenvalue weighted by molar-refractivity contribution is 0.106. The lowest BCUT2D eigenvalue weighted by Crippen LogP contribution is -2.41. The van der Waals surface area contributed by atoms with Crippen molar-refractivity contribution in [2.75, 3.05) is 0 Å². The second-order valence-corrected chi connectivity index (χ2v) is 8.76. The van der Waals surface area contributed by atoms with Crippen LogP contribution in [-0.2, 0) is 0 Å². The van der Waals surface area contributed by atoms with Crippen molar-refractivity contribution in [3.05, 3.63) is 0 Å². The highest BCUT2D eigenvalue weighted by Crippen LogP contribution is 2.58. The summed E-state index contributed by atoms with van der Waals surface area (Å²) in [6.07, 6.45) is 16.1. The smallest absolute Gasteiger partial charge is 0.0631 e. The third-order valence-electron chi connectivity index (χ3n) is 6.96. The number of rotatable bonds is 6. The quantitative estimate of drug-likeness (QED) is 0.427. The predicted molar refractivity (Wildman–Crippen MR) is 95.0 cm³/mol. The van der Waals surface area contributed by atoms with Crippen molar-refractivity contribution in [1.82, 2.24) is 0 Å². The molecule has 2 aliphatic carbocycles. The maximum absolute atomic E-state index is 6.72. The lowest BCUT2D eigenvalue weighted by Gasteiger charge is -2.52. The van der Waals surface area contributed by atoms with Crippen LogP contribution in [0.2, 0.25) is 5.21 Å². The Morgan fingerprint density at radius 1 is 0.952 bits per heavy atom. The molecule has 0 aromatic carbocycles. The Morgan fingerprint density at radius 3 is 2.05 bits per heavy atom. The van der Waals surface area contributed by atoms with Crippen LogP contribution >= 0.6 is 0 Å². The molecule has 0 saturated heterocycles. The van der Waals surface area contributed by atoms with Gasteiger partial charge in [0.1, 0.15) is 0 Å². The lowest BCUT2D eigenvalue weighted by atomic mass is 9.35. The molecular weight excluding hydrogens is 250 g/mol. The normalized spacial score (nSPS) is 23.8. The van der Waals surface area contributed by atoms with Crippen LogP contribution in [0.3, 0.4) is 0 Å². The highest BCUT2D eigenvalue weighted by Gasteiger charge is 2.45. The molecule has 0 nitrogen and oxygen atoms in total. The van der Waals surface area contributed by atoms with E-state index >= 15 is 0 Å². The standard InChI is InChI=1S/C19H34B2/c1-4-5-6-11-17(2,3)19(20,21)16-9-14-18(15-10-16)12-7-8-13-18/h16H,4-15H2,1-3H3. The summed E-state index contributed by atoms with van der Waals surface area (Å²) in [6, 6.07) is 0. The Morgan fingerprint density at radius 2 is 1.52 bits per heavy atom. The Bertz CT molecular complexity index is 316. The monoisotopic (exact) mass is 284 g/mol. The summed E-state index contributed by atoms with van der Waals surface area (Å²) in [5, 5.41) is -0.499. The van der Waals surface area contributed by atoms with Gasteiger partial charge in [-0.25, -0.2) is 0 Å². The first-order valence-corrected chi connectivity index (χ1v) is 9.41. The van der Waals surface area contributed by atoms with Crippen molar-refractivity contribution < 1.29 is 0 Å². The van der Waals surface area contributed by atoms with E-state index < -0.39 is 5.21 Å². The molecule has 21 heavy (non-hydrogen) atoms. The highest BCUT2D eigenvalue weighted by atomic mass is 14.5. The van der Waals surface area contributed by atoms with Crippen molar-refractivity contribution in [2.45, 2.75) is 103 Å². The first-order valence-electron chi connectivity index (χ1n) is 9.41. The zero-order valence-electron chi connectivity index (χ0n) is 14.7. The van der Waals surface area contributed by atoms with Gasteiger partial charge in [-0.3, -0.25) is 0 Å². The fourth-order valence-corrected chi connectivity index (χ4v) is 4.92. The SMILES string of the molecule is [B]C([B])(C1CCC2(CCCC2)CC1)C(C)(C)CCCCC. The Kier molecular flexibility index (Phi) is 5.59. The minimum absolute atomic E-state index is 0.0486. The van der Waals surface area contributed by atoms with Crippen molar-refractivity contribution in [1.29, 1.82) is 0 Å². The molecule has 0 N–H and O–H groups in total. The van der Waals surface area contributed by atoms with Gasteiger partial charge in [0, 0.05) is 0 Å². The molecule has 0 heterocycles. The summed E-state index contributed by atoms with van der Waals surface area (Å²) in [6.45, 7) is 6.85. The van der Waals surface area contributed by atoms with E-state index in [0.29, 0.717) is 11.3 Å². The van der Waals surface area contributed by atoms with Crippen LogP contribution in [0.5, 0.6) is 0 Å². The van der Waals surface area contributed by atoms with Gasteiger partial charge in [-0.05, 0) is 42.9 Å². The molecule has 2 rings (SSSR count). The van der Waals surface area contributed by atoms with Crippen molar-refractivity contribution in [2.24, 2.45) is 16.7 Å². The van der Waals surface area contributed by atoms with Crippen molar-refractivity contribution >= 4 is 15.7 Å². The van der Waals surface area contributed by atoms with Gasteiger partial charge in [0.15, 0.2) is 0 Å². The molecule has 2 saturated carbocycles. The summed E-state index contributed by atoms with van der Waals surface area (Å²) in [7, 11) is 13.4. The number of hydrogen-bond acceptors (Lipinski definition) is 0. The molecule has 2 heteroatoms. The fraction of sp³-hybridized carbons (Fsp3) is 1.00. The average molecular weight is 284 g/mol. The van der Waals surface area contributed by atoms with Crippen LogP contribution in [0.15, 0.2) is 0 Å². The largest absolute Gasteiger partial charge is 0.0914 e. The second kappa shape index (κ2) is 6.71. The second-order valence-electron chi connectivity index (χ2n) is 8.76. The first kappa shape index (κ1) is 17.5. The van der Waals surface area contributed by atoms with Crippen LogP contribution in [0.25, 0.3) is 0 Å². The van der Waals surface area contributed by atoms with Crippen LogP contribution < -0.4 is 0 Å². The molecule has 2 fully saturated rings. The fourth-order valence-electron chi connectivity index (χ4n) is 4.92. The summed E-state index contributed by atoms with van der Waals surface area (Å²) in [5.41, 5.74) is 0.728. The molecule has 0 atom stereocenters. The van der Waals surface area contributed by atoms with Crippen LogP contribution in [0, 0.1) is 16.7 Å². The van der Waals surface area contributed by atoms with Gasteiger partial charge in [0.2, 0.25) is 0 Å². The van der Waals surface area contributed by atoms with Crippen LogP contribution in [0.1, 0.15) is 97.8 Å². The summed E-state index contributed by atoms with van der Waals surface area (Å²) >= 11 is 0. The first-order chi connectivity index (χ1) is 9.83. The Hall–Kier alpha value is 0.130. The zero-order chi connectivity index (χ0) is 15.6. The van der Waals surface area contributed by atoms with E-state index in [4.69, 9.17) is 15.7 Å². The zero-order valence-corrected chi connectivity index (χ0v) is 14.7. The third kappa shape index (κ3) is 3.73. The van der Waals surface area contributed by atoms with E-state index in [9.17, 15) is 0 Å². The van der Waals surface area contributed by atoms with Gasteiger partial charge >= 0.3 is 0 Å². The topological polar surface area (TPSA) is 0 Å². The van der Waals surface area contributed by atoms with Gasteiger partial charge in [-0.2, -0.15) is 0 Å². The molecular formula is C19H34B2. The number of unbranched alkanes of at least 4 members (excludes halogenated alkanes) is 2.